The van der Waals surface area contributed by atoms with Crippen LogP contribution in [0.15, 0.2) is 60.7 Å². The van der Waals surface area contributed by atoms with Crippen molar-refractivity contribution >= 4 is 17.3 Å². The quantitative estimate of drug-likeness (QED) is 0.0398. The number of nitro groups is 1. The molecule has 0 radical (unpaired) electrons. The molecule has 2 N–H and O–H groups in total. The standard InChI is InChI=1S/C39H52N2O5/c1-4-6-8-10-28(3)45-38-27-37(41(43)44)35(26-36(38)40)32-20-22-33(23-21-32)39(42)46-34-24-18-31(19-25-34)17-16-30-14-12-29(13-15-30)11-9-7-5-2/h18-30H,4-17,40H2,1-3H3/t28-,29?,30?/m1/s1. The van der Waals surface area contributed by atoms with Crippen LogP contribution in [0.3, 0.4) is 0 Å². The highest BCUT2D eigenvalue weighted by molar-refractivity contribution is 5.92. The number of unbranched alkanes of at least 4 members (excludes halogenated alkanes) is 4. The summed E-state index contributed by atoms with van der Waals surface area (Å²) in [6.07, 6.45) is 17.2. The number of carbonyl (C=O) groups excluding carboxylic acids is 1. The van der Waals surface area contributed by atoms with Gasteiger partial charge in [0.2, 0.25) is 0 Å². The number of anilines is 1. The molecule has 3 aromatic carbocycles. The third-order valence-electron chi connectivity index (χ3n) is 9.46. The summed E-state index contributed by atoms with van der Waals surface area (Å²) in [5.74, 6) is 2.07. The van der Waals surface area contributed by atoms with Gasteiger partial charge in [-0.1, -0.05) is 102 Å². The van der Waals surface area contributed by atoms with Gasteiger partial charge in [-0.05, 0) is 85.9 Å². The van der Waals surface area contributed by atoms with Gasteiger partial charge in [0, 0.05) is 0 Å². The maximum atomic E-state index is 12.9. The summed E-state index contributed by atoms with van der Waals surface area (Å²) in [5.41, 5.74) is 9.05. The maximum Gasteiger partial charge on any atom is 0.343 e. The molecule has 1 atom stereocenters. The summed E-state index contributed by atoms with van der Waals surface area (Å²) in [7, 11) is 0. The van der Waals surface area contributed by atoms with Gasteiger partial charge >= 0.3 is 5.97 Å². The SMILES string of the molecule is CCCCCC1CCC(CCc2ccc(OC(=O)c3ccc(-c4cc(N)c(O[C@H](C)CCCCC)cc4[N+](=O)[O-])cc3)cc2)CC1. The number of benzene rings is 3. The second-order valence-electron chi connectivity index (χ2n) is 13.1. The molecule has 1 fully saturated rings. The molecule has 46 heavy (non-hydrogen) atoms. The van der Waals surface area contributed by atoms with Crippen molar-refractivity contribution in [2.45, 2.75) is 117 Å². The Hall–Kier alpha value is -3.87. The Morgan fingerprint density at radius 3 is 2.15 bits per heavy atom. The lowest BCUT2D eigenvalue weighted by Crippen LogP contribution is -2.15. The topological polar surface area (TPSA) is 105 Å². The molecular formula is C39H52N2O5. The van der Waals surface area contributed by atoms with E-state index in [1.54, 1.807) is 30.3 Å². The lowest BCUT2D eigenvalue weighted by molar-refractivity contribution is -0.384. The molecule has 1 aliphatic carbocycles. The van der Waals surface area contributed by atoms with E-state index < -0.39 is 10.9 Å². The zero-order chi connectivity index (χ0) is 32.9. The number of aryl methyl sites for hydroxylation is 1. The van der Waals surface area contributed by atoms with Gasteiger partial charge in [0.25, 0.3) is 5.69 Å². The molecule has 0 spiro atoms. The minimum absolute atomic E-state index is 0.101. The van der Waals surface area contributed by atoms with Crippen LogP contribution < -0.4 is 15.2 Å². The van der Waals surface area contributed by atoms with Crippen LogP contribution in [0.5, 0.6) is 11.5 Å². The number of nitrogens with zero attached hydrogens (tertiary/aromatic N) is 1. The number of nitro benzene ring substituents is 1. The zero-order valence-electron chi connectivity index (χ0n) is 28.0. The van der Waals surface area contributed by atoms with Gasteiger partial charge in [-0.2, -0.15) is 0 Å². The molecule has 0 heterocycles. The molecular weight excluding hydrogens is 576 g/mol. The van der Waals surface area contributed by atoms with Crippen LogP contribution in [0.4, 0.5) is 11.4 Å². The fraction of sp³-hybridized carbons (Fsp3) is 0.513. The van der Waals surface area contributed by atoms with Crippen molar-refractivity contribution < 1.29 is 19.2 Å². The first-order chi connectivity index (χ1) is 22.3. The molecule has 0 aliphatic heterocycles. The van der Waals surface area contributed by atoms with Crippen molar-refractivity contribution in [2.24, 2.45) is 11.8 Å². The van der Waals surface area contributed by atoms with E-state index >= 15 is 0 Å². The largest absolute Gasteiger partial charge is 0.488 e. The maximum absolute atomic E-state index is 12.9. The van der Waals surface area contributed by atoms with Crippen molar-refractivity contribution in [1.29, 1.82) is 0 Å². The van der Waals surface area contributed by atoms with E-state index in [-0.39, 0.29) is 11.8 Å². The van der Waals surface area contributed by atoms with Gasteiger partial charge in [0.1, 0.15) is 11.5 Å². The van der Waals surface area contributed by atoms with E-state index in [2.05, 4.69) is 13.8 Å². The first kappa shape index (κ1) is 35.0. The number of esters is 1. The second kappa shape index (κ2) is 17.7. The summed E-state index contributed by atoms with van der Waals surface area (Å²) < 4.78 is 11.6. The van der Waals surface area contributed by atoms with E-state index in [9.17, 15) is 14.9 Å². The number of hydrogen-bond donors (Lipinski definition) is 1. The Morgan fingerprint density at radius 2 is 1.52 bits per heavy atom. The van der Waals surface area contributed by atoms with Gasteiger partial charge < -0.3 is 15.2 Å². The molecule has 248 valence electrons. The molecule has 7 heteroatoms. The molecule has 0 amide bonds. The van der Waals surface area contributed by atoms with E-state index in [4.69, 9.17) is 15.2 Å². The minimum Gasteiger partial charge on any atom is -0.488 e. The number of nitrogen functional groups attached to an aromatic ring is 1. The Kier molecular flexibility index (Phi) is 13.5. The average molecular weight is 629 g/mol. The number of ether oxygens (including phenoxy) is 2. The predicted molar refractivity (Wildman–Crippen MR) is 186 cm³/mol. The van der Waals surface area contributed by atoms with Crippen LogP contribution in [-0.4, -0.2) is 17.0 Å². The number of carbonyl (C=O) groups is 1. The van der Waals surface area contributed by atoms with E-state index in [0.29, 0.717) is 33.9 Å². The van der Waals surface area contributed by atoms with Gasteiger partial charge in [0.15, 0.2) is 0 Å². The summed E-state index contributed by atoms with van der Waals surface area (Å²) in [6, 6.07) is 17.3. The third kappa shape index (κ3) is 10.3. The Balaban J connectivity index is 1.30. The normalized spacial score (nSPS) is 16.9. The summed E-state index contributed by atoms with van der Waals surface area (Å²) >= 11 is 0. The Bertz CT molecular complexity index is 1400. The van der Waals surface area contributed by atoms with Gasteiger partial charge in [-0.3, -0.25) is 10.1 Å². The lowest BCUT2D eigenvalue weighted by atomic mass is 9.78. The van der Waals surface area contributed by atoms with E-state index in [1.165, 1.54) is 69.4 Å². The zero-order valence-corrected chi connectivity index (χ0v) is 28.0. The molecule has 0 saturated heterocycles. The van der Waals surface area contributed by atoms with Crippen LogP contribution in [0.25, 0.3) is 11.1 Å². The first-order valence-electron chi connectivity index (χ1n) is 17.4. The molecule has 0 bridgehead atoms. The van der Waals surface area contributed by atoms with Crippen molar-refractivity contribution in [1.82, 2.24) is 0 Å². The lowest BCUT2D eigenvalue weighted by Gasteiger charge is -2.28. The highest BCUT2D eigenvalue weighted by Gasteiger charge is 2.22. The Labute approximate surface area is 275 Å². The molecule has 7 nitrogen and oxygen atoms in total. The first-order valence-corrected chi connectivity index (χ1v) is 17.4. The number of nitrogens with two attached hydrogens (primary N) is 1. The number of rotatable bonds is 17. The van der Waals surface area contributed by atoms with Crippen LogP contribution >= 0.6 is 0 Å². The third-order valence-corrected chi connectivity index (χ3v) is 9.46. The summed E-state index contributed by atoms with van der Waals surface area (Å²) in [6.45, 7) is 6.36. The minimum atomic E-state index is -0.482. The van der Waals surface area contributed by atoms with Crippen molar-refractivity contribution in [2.75, 3.05) is 5.73 Å². The monoisotopic (exact) mass is 628 g/mol. The van der Waals surface area contributed by atoms with Gasteiger partial charge in [-0.15, -0.1) is 0 Å². The predicted octanol–water partition coefficient (Wildman–Crippen LogP) is 10.7. The van der Waals surface area contributed by atoms with Crippen molar-refractivity contribution in [3.8, 4) is 22.6 Å². The van der Waals surface area contributed by atoms with Crippen LogP contribution in [0.1, 0.15) is 120 Å². The van der Waals surface area contributed by atoms with E-state index in [1.807, 2.05) is 31.2 Å². The molecule has 1 saturated carbocycles. The fourth-order valence-electron chi connectivity index (χ4n) is 6.57. The van der Waals surface area contributed by atoms with Crippen molar-refractivity contribution in [3.05, 3.63) is 81.9 Å². The second-order valence-corrected chi connectivity index (χ2v) is 13.1. The van der Waals surface area contributed by atoms with Gasteiger partial charge in [-0.25, -0.2) is 4.79 Å². The Morgan fingerprint density at radius 1 is 0.891 bits per heavy atom. The number of hydrogen-bond acceptors (Lipinski definition) is 6. The molecule has 0 aromatic heterocycles. The average Bonchev–Trinajstić information content (AvgIpc) is 3.06. The molecule has 0 unspecified atom stereocenters. The highest BCUT2D eigenvalue weighted by Crippen LogP contribution is 2.38. The summed E-state index contributed by atoms with van der Waals surface area (Å²) in [5, 5.41) is 12.0. The van der Waals surface area contributed by atoms with E-state index in [0.717, 1.165) is 43.9 Å². The smallest absolute Gasteiger partial charge is 0.343 e. The fourth-order valence-corrected chi connectivity index (χ4v) is 6.57. The molecule has 1 aliphatic rings. The van der Waals surface area contributed by atoms with Crippen LogP contribution in [0, 0.1) is 22.0 Å². The van der Waals surface area contributed by atoms with Crippen molar-refractivity contribution in [3.63, 3.8) is 0 Å². The van der Waals surface area contributed by atoms with Crippen LogP contribution in [-0.2, 0) is 6.42 Å². The molecule has 4 rings (SSSR count). The molecule has 3 aromatic rings. The van der Waals surface area contributed by atoms with Crippen LogP contribution in [0.2, 0.25) is 0 Å². The summed E-state index contributed by atoms with van der Waals surface area (Å²) in [4.78, 5) is 24.4. The van der Waals surface area contributed by atoms with Gasteiger partial charge in [0.05, 0.1) is 33.9 Å². The highest BCUT2D eigenvalue weighted by atomic mass is 16.6.